The lowest BCUT2D eigenvalue weighted by Crippen LogP contribution is -2.39. The van der Waals surface area contributed by atoms with Gasteiger partial charge in [0, 0.05) is 18.6 Å². The smallest absolute Gasteiger partial charge is 0.0519 e. The zero-order chi connectivity index (χ0) is 11.7. The molecule has 0 saturated carbocycles. The molecule has 0 bridgehead atoms. The highest BCUT2D eigenvalue weighted by atomic mass is 16.3. The second-order valence-electron chi connectivity index (χ2n) is 4.65. The first kappa shape index (κ1) is 14.8. The Labute approximate surface area is 92.5 Å². The van der Waals surface area contributed by atoms with Gasteiger partial charge in [0.15, 0.2) is 0 Å². The number of rotatable bonds is 9. The number of aliphatic hydroxyl groups excluding tert-OH is 3. The molecule has 0 atom stereocenters. The van der Waals surface area contributed by atoms with Crippen LogP contribution in [0.5, 0.6) is 0 Å². The average Bonchev–Trinajstić information content (AvgIpc) is 2.24. The van der Waals surface area contributed by atoms with E-state index >= 15 is 0 Å². The number of nitrogens with zero attached hydrogens (tertiary/aromatic N) is 1. The van der Waals surface area contributed by atoms with Gasteiger partial charge in [-0.25, -0.2) is 0 Å². The Hall–Kier alpha value is -0.160. The number of aliphatic hydroxyl groups is 3. The Morgan fingerprint density at radius 3 is 2.07 bits per heavy atom. The van der Waals surface area contributed by atoms with Gasteiger partial charge in [0.05, 0.1) is 13.2 Å². The zero-order valence-electron chi connectivity index (χ0n) is 9.95. The molecule has 0 unspecified atom stereocenters. The Balaban J connectivity index is 3.67. The molecule has 15 heavy (non-hydrogen) atoms. The molecule has 0 amide bonds. The van der Waals surface area contributed by atoms with Gasteiger partial charge in [-0.1, -0.05) is 6.92 Å². The molecule has 0 aromatic rings. The normalized spacial score (nSPS) is 12.4. The van der Waals surface area contributed by atoms with Crippen LogP contribution in [0.3, 0.4) is 0 Å². The van der Waals surface area contributed by atoms with Crippen molar-refractivity contribution in [1.29, 1.82) is 0 Å². The van der Waals surface area contributed by atoms with E-state index in [0.717, 1.165) is 25.8 Å². The Bertz CT molecular complexity index is 149. The van der Waals surface area contributed by atoms with Gasteiger partial charge in [-0.15, -0.1) is 0 Å². The van der Waals surface area contributed by atoms with Crippen molar-refractivity contribution in [3.05, 3.63) is 0 Å². The van der Waals surface area contributed by atoms with Crippen LogP contribution in [0.2, 0.25) is 0 Å². The molecule has 0 rings (SSSR count). The summed E-state index contributed by atoms with van der Waals surface area (Å²) in [6.45, 7) is 3.77. The van der Waals surface area contributed by atoms with E-state index < -0.39 is 5.41 Å². The highest BCUT2D eigenvalue weighted by molar-refractivity contribution is 4.75. The molecular weight excluding hydrogens is 194 g/mol. The summed E-state index contributed by atoms with van der Waals surface area (Å²) in [6, 6.07) is 0. The molecule has 0 aromatic carbocycles. The molecule has 0 aromatic heterocycles. The lowest BCUT2D eigenvalue weighted by molar-refractivity contribution is 0.0416. The Morgan fingerprint density at radius 1 is 1.00 bits per heavy atom. The first-order valence-corrected chi connectivity index (χ1v) is 5.59. The molecule has 0 fully saturated rings. The average molecular weight is 219 g/mol. The standard InChI is InChI=1S/C11H25NO3/c1-11(9-14,10-15)8-12(2)6-4-3-5-7-13/h13-15H,3-10H2,1-2H3. The summed E-state index contributed by atoms with van der Waals surface area (Å²) in [5.74, 6) is 0. The van der Waals surface area contributed by atoms with E-state index in [1.807, 2.05) is 14.0 Å². The predicted octanol–water partition coefficient (Wildman–Crippen LogP) is 0.0717. The molecule has 92 valence electrons. The SMILES string of the molecule is CN(CCCCCO)CC(C)(CO)CO. The van der Waals surface area contributed by atoms with E-state index in [9.17, 15) is 0 Å². The van der Waals surface area contributed by atoms with Crippen LogP contribution < -0.4 is 0 Å². The molecular formula is C11H25NO3. The minimum Gasteiger partial charge on any atom is -0.396 e. The van der Waals surface area contributed by atoms with Crippen LogP contribution in [-0.4, -0.2) is 60.2 Å². The molecule has 0 aliphatic heterocycles. The van der Waals surface area contributed by atoms with Crippen LogP contribution in [0.15, 0.2) is 0 Å². The number of hydrogen-bond acceptors (Lipinski definition) is 4. The van der Waals surface area contributed by atoms with Crippen molar-refractivity contribution in [2.24, 2.45) is 5.41 Å². The fraction of sp³-hybridized carbons (Fsp3) is 1.00. The lowest BCUT2D eigenvalue weighted by Gasteiger charge is -2.30. The van der Waals surface area contributed by atoms with Gasteiger partial charge in [-0.2, -0.15) is 0 Å². The van der Waals surface area contributed by atoms with Crippen LogP contribution in [0.1, 0.15) is 26.2 Å². The summed E-state index contributed by atoms with van der Waals surface area (Å²) >= 11 is 0. The second-order valence-corrected chi connectivity index (χ2v) is 4.65. The van der Waals surface area contributed by atoms with Crippen molar-refractivity contribution in [1.82, 2.24) is 4.90 Å². The molecule has 0 aliphatic rings. The molecule has 0 radical (unpaired) electrons. The first-order valence-electron chi connectivity index (χ1n) is 5.59. The molecule has 4 nitrogen and oxygen atoms in total. The van der Waals surface area contributed by atoms with E-state index in [4.69, 9.17) is 15.3 Å². The maximum Gasteiger partial charge on any atom is 0.0519 e. The predicted molar refractivity (Wildman–Crippen MR) is 60.7 cm³/mol. The van der Waals surface area contributed by atoms with Gasteiger partial charge in [-0.05, 0) is 32.9 Å². The highest BCUT2D eigenvalue weighted by Gasteiger charge is 2.23. The van der Waals surface area contributed by atoms with Crippen molar-refractivity contribution in [2.45, 2.75) is 26.2 Å². The maximum atomic E-state index is 9.12. The summed E-state index contributed by atoms with van der Waals surface area (Å²) < 4.78 is 0. The first-order chi connectivity index (χ1) is 7.08. The number of unbranched alkanes of at least 4 members (excludes halogenated alkanes) is 2. The Kier molecular flexibility index (Phi) is 7.96. The zero-order valence-corrected chi connectivity index (χ0v) is 9.95. The minimum atomic E-state index is -0.411. The third-order valence-corrected chi connectivity index (χ3v) is 2.61. The summed E-state index contributed by atoms with van der Waals surface area (Å²) in [6.07, 6.45) is 2.92. The van der Waals surface area contributed by atoms with E-state index in [1.54, 1.807) is 0 Å². The molecule has 0 aliphatic carbocycles. The molecule has 3 N–H and O–H groups in total. The van der Waals surface area contributed by atoms with Crippen LogP contribution in [-0.2, 0) is 0 Å². The minimum absolute atomic E-state index is 0.00444. The molecule has 0 saturated heterocycles. The van der Waals surface area contributed by atoms with Crippen molar-refractivity contribution in [3.63, 3.8) is 0 Å². The molecule has 4 heteroatoms. The largest absolute Gasteiger partial charge is 0.396 e. The van der Waals surface area contributed by atoms with Crippen molar-refractivity contribution < 1.29 is 15.3 Å². The number of hydrogen-bond donors (Lipinski definition) is 3. The summed E-state index contributed by atoms with van der Waals surface area (Å²) in [5.41, 5.74) is -0.411. The Morgan fingerprint density at radius 2 is 1.60 bits per heavy atom. The van der Waals surface area contributed by atoms with Gasteiger partial charge in [-0.3, -0.25) is 0 Å². The second kappa shape index (κ2) is 8.05. The van der Waals surface area contributed by atoms with E-state index in [0.29, 0.717) is 6.54 Å². The fourth-order valence-electron chi connectivity index (χ4n) is 1.55. The summed E-state index contributed by atoms with van der Waals surface area (Å²) in [4.78, 5) is 2.11. The van der Waals surface area contributed by atoms with Crippen LogP contribution in [0, 0.1) is 5.41 Å². The van der Waals surface area contributed by atoms with Gasteiger partial charge in [0.1, 0.15) is 0 Å². The van der Waals surface area contributed by atoms with Crippen molar-refractivity contribution in [2.75, 3.05) is 40.0 Å². The quantitative estimate of drug-likeness (QED) is 0.480. The highest BCUT2D eigenvalue weighted by Crippen LogP contribution is 2.15. The van der Waals surface area contributed by atoms with Crippen LogP contribution in [0.25, 0.3) is 0 Å². The van der Waals surface area contributed by atoms with Gasteiger partial charge < -0.3 is 20.2 Å². The third-order valence-electron chi connectivity index (χ3n) is 2.61. The van der Waals surface area contributed by atoms with Gasteiger partial charge in [0.25, 0.3) is 0 Å². The molecule has 0 heterocycles. The van der Waals surface area contributed by atoms with Gasteiger partial charge in [0.2, 0.25) is 0 Å². The summed E-state index contributed by atoms with van der Waals surface area (Å²) in [7, 11) is 1.99. The van der Waals surface area contributed by atoms with E-state index in [2.05, 4.69) is 4.90 Å². The monoisotopic (exact) mass is 219 g/mol. The third kappa shape index (κ3) is 6.84. The van der Waals surface area contributed by atoms with E-state index in [-0.39, 0.29) is 19.8 Å². The van der Waals surface area contributed by atoms with Gasteiger partial charge >= 0.3 is 0 Å². The van der Waals surface area contributed by atoms with Crippen molar-refractivity contribution in [3.8, 4) is 0 Å². The van der Waals surface area contributed by atoms with Crippen LogP contribution >= 0.6 is 0 Å². The summed E-state index contributed by atoms with van der Waals surface area (Å²) in [5, 5.41) is 26.9. The van der Waals surface area contributed by atoms with E-state index in [1.165, 1.54) is 0 Å². The maximum absolute atomic E-state index is 9.12. The molecule has 0 spiro atoms. The topological polar surface area (TPSA) is 63.9 Å². The van der Waals surface area contributed by atoms with Crippen molar-refractivity contribution >= 4 is 0 Å². The lowest BCUT2D eigenvalue weighted by atomic mass is 9.92. The fourth-order valence-corrected chi connectivity index (χ4v) is 1.55. The van der Waals surface area contributed by atoms with Crippen LogP contribution in [0.4, 0.5) is 0 Å².